The predicted molar refractivity (Wildman–Crippen MR) is 63.4 cm³/mol. The fraction of sp³-hybridized carbons (Fsp3) is 0.0833. The van der Waals surface area contributed by atoms with E-state index in [1.165, 1.54) is 24.3 Å². The molecule has 0 saturated heterocycles. The molecule has 0 unspecified atom stereocenters. The van der Waals surface area contributed by atoms with Crippen LogP contribution >= 0.6 is 0 Å². The Morgan fingerprint density at radius 1 is 1.28 bits per heavy atom. The average molecular weight is 268 g/mol. The Kier molecular flexibility index (Phi) is 3.04. The summed E-state index contributed by atoms with van der Waals surface area (Å²) < 4.78 is 41.4. The number of sulfone groups is 1. The van der Waals surface area contributed by atoms with E-state index >= 15 is 0 Å². The number of halogens is 1. The van der Waals surface area contributed by atoms with Crippen molar-refractivity contribution >= 4 is 21.4 Å². The molecule has 4 nitrogen and oxygen atoms in total. The topological polar surface area (TPSA) is 60.4 Å². The van der Waals surface area contributed by atoms with Gasteiger partial charge in [0.25, 0.3) is 0 Å². The molecule has 0 fully saturated rings. The molecule has 0 radical (unpaired) electrons. The molecule has 2 rings (SSSR count). The highest BCUT2D eigenvalue weighted by molar-refractivity contribution is 7.99. The second kappa shape index (κ2) is 4.38. The van der Waals surface area contributed by atoms with Crippen LogP contribution in [0, 0.1) is 5.82 Å². The van der Waals surface area contributed by atoms with Crippen molar-refractivity contribution < 1.29 is 22.3 Å². The molecular weight excluding hydrogens is 259 g/mol. The fourth-order valence-electron chi connectivity index (χ4n) is 1.67. The summed E-state index contributed by atoms with van der Waals surface area (Å²) >= 11 is 0. The lowest BCUT2D eigenvalue weighted by Gasteiger charge is -2.05. The summed E-state index contributed by atoms with van der Waals surface area (Å²) in [6.45, 7) is 0. The molecule has 0 aliphatic carbocycles. The number of esters is 1. The van der Waals surface area contributed by atoms with E-state index in [1.807, 2.05) is 0 Å². The highest BCUT2D eigenvalue weighted by atomic mass is 32.2. The maximum Gasteiger partial charge on any atom is 0.350 e. The summed E-state index contributed by atoms with van der Waals surface area (Å²) in [5.41, 5.74) is 0.0650. The first-order valence-corrected chi connectivity index (χ1v) is 6.52. The summed E-state index contributed by atoms with van der Waals surface area (Å²) in [5, 5.41) is 0.862. The van der Waals surface area contributed by atoms with Gasteiger partial charge in [-0.05, 0) is 12.1 Å². The summed E-state index contributed by atoms with van der Waals surface area (Å²) in [6, 6.07) is 5.62. The van der Waals surface area contributed by atoms with E-state index in [-0.39, 0.29) is 11.1 Å². The average Bonchev–Trinajstić information content (AvgIpc) is 2.65. The Hall–Kier alpha value is -1.95. The Morgan fingerprint density at radius 2 is 1.94 bits per heavy atom. The molecule has 1 aromatic carbocycles. The molecule has 18 heavy (non-hydrogen) atoms. The van der Waals surface area contributed by atoms with Crippen LogP contribution in [-0.4, -0.2) is 21.5 Å². The van der Waals surface area contributed by atoms with Crippen LogP contribution in [0.3, 0.4) is 0 Å². The third-order valence-corrected chi connectivity index (χ3v) is 3.93. The van der Waals surface area contributed by atoms with E-state index in [0.717, 1.165) is 12.5 Å². The van der Waals surface area contributed by atoms with E-state index in [4.69, 9.17) is 0 Å². The molecule has 94 valence electrons. The van der Waals surface area contributed by atoms with E-state index < -0.39 is 26.5 Å². The maximum atomic E-state index is 13.6. The lowest BCUT2D eigenvalue weighted by molar-refractivity contribution is -0.135. The number of ether oxygens (including phenoxy) is 1. The van der Waals surface area contributed by atoms with Gasteiger partial charge in [0.1, 0.15) is 5.82 Å². The Balaban J connectivity index is 2.71. The summed E-state index contributed by atoms with van der Waals surface area (Å²) in [4.78, 5) is 11.0. The molecule has 1 aliphatic rings. The van der Waals surface area contributed by atoms with Crippen LogP contribution in [0.2, 0.25) is 0 Å². The van der Waals surface area contributed by atoms with Gasteiger partial charge in [0.15, 0.2) is 4.91 Å². The number of hydrogen-bond acceptors (Lipinski definition) is 4. The minimum atomic E-state index is -3.85. The van der Waals surface area contributed by atoms with Gasteiger partial charge in [-0.3, -0.25) is 0 Å². The van der Waals surface area contributed by atoms with Crippen molar-refractivity contribution in [2.45, 2.75) is 0 Å². The Morgan fingerprint density at radius 3 is 2.56 bits per heavy atom. The van der Waals surface area contributed by atoms with Crippen LogP contribution in [0.15, 0.2) is 40.7 Å². The number of carbonyl (C=O) groups excluding carboxylic acids is 1. The zero-order valence-electron chi connectivity index (χ0n) is 9.38. The standard InChI is InChI=1S/C12H9FO4S/c1-17-12(14)11-9(6-7-18(11,15)16)8-4-2-3-5-10(8)13/h2-7H,1H3. The molecule has 0 N–H and O–H groups in total. The van der Waals surface area contributed by atoms with Gasteiger partial charge >= 0.3 is 5.97 Å². The van der Waals surface area contributed by atoms with Crippen molar-refractivity contribution in [3.63, 3.8) is 0 Å². The Labute approximate surface area is 103 Å². The monoisotopic (exact) mass is 268 g/mol. The SMILES string of the molecule is COC(=O)C1=C(c2ccccc2F)C=CS1(=O)=O. The zero-order valence-corrected chi connectivity index (χ0v) is 10.2. The molecule has 0 aromatic heterocycles. The summed E-state index contributed by atoms with van der Waals surface area (Å²) in [6.07, 6.45) is 1.19. The van der Waals surface area contributed by atoms with Crippen molar-refractivity contribution in [1.82, 2.24) is 0 Å². The third kappa shape index (κ3) is 1.95. The molecule has 0 bridgehead atoms. The van der Waals surface area contributed by atoms with E-state index in [0.29, 0.717) is 0 Å². The van der Waals surface area contributed by atoms with Gasteiger partial charge in [-0.25, -0.2) is 17.6 Å². The van der Waals surface area contributed by atoms with E-state index in [9.17, 15) is 17.6 Å². The van der Waals surface area contributed by atoms with Crippen molar-refractivity contribution in [1.29, 1.82) is 0 Å². The number of methoxy groups -OCH3 is 1. The smallest absolute Gasteiger partial charge is 0.350 e. The molecule has 0 amide bonds. The second-order valence-corrected chi connectivity index (χ2v) is 5.33. The largest absolute Gasteiger partial charge is 0.465 e. The van der Waals surface area contributed by atoms with Gasteiger partial charge in [-0.2, -0.15) is 0 Å². The van der Waals surface area contributed by atoms with Crippen LogP contribution in [0.4, 0.5) is 4.39 Å². The molecule has 0 atom stereocenters. The number of carbonyl (C=O) groups is 1. The number of hydrogen-bond donors (Lipinski definition) is 0. The van der Waals surface area contributed by atoms with E-state index in [2.05, 4.69) is 4.74 Å². The first-order valence-electron chi connectivity index (χ1n) is 4.98. The first-order chi connectivity index (χ1) is 8.47. The van der Waals surface area contributed by atoms with Gasteiger partial charge in [-0.1, -0.05) is 18.2 Å². The second-order valence-electron chi connectivity index (χ2n) is 3.56. The summed E-state index contributed by atoms with van der Waals surface area (Å²) in [7, 11) is -2.78. The first kappa shape index (κ1) is 12.5. The predicted octanol–water partition coefficient (Wildman–Crippen LogP) is 1.65. The van der Waals surface area contributed by atoms with Gasteiger partial charge < -0.3 is 4.74 Å². The van der Waals surface area contributed by atoms with Crippen molar-refractivity contribution in [2.75, 3.05) is 7.11 Å². The zero-order chi connectivity index (χ0) is 13.3. The van der Waals surface area contributed by atoms with Gasteiger partial charge in [-0.15, -0.1) is 0 Å². The van der Waals surface area contributed by atoms with Crippen molar-refractivity contribution in [2.24, 2.45) is 0 Å². The van der Waals surface area contributed by atoms with Crippen molar-refractivity contribution in [3.8, 4) is 0 Å². The highest BCUT2D eigenvalue weighted by Crippen LogP contribution is 2.32. The third-order valence-electron chi connectivity index (χ3n) is 2.48. The maximum absolute atomic E-state index is 13.6. The molecule has 0 spiro atoms. The van der Waals surface area contributed by atoms with Gasteiger partial charge in [0.2, 0.25) is 9.84 Å². The van der Waals surface area contributed by atoms with Gasteiger partial charge in [0, 0.05) is 16.5 Å². The molecule has 1 heterocycles. The summed E-state index contributed by atoms with van der Waals surface area (Å²) in [5.74, 6) is -1.60. The highest BCUT2D eigenvalue weighted by Gasteiger charge is 2.32. The van der Waals surface area contributed by atoms with Crippen LogP contribution in [-0.2, 0) is 19.4 Å². The lowest BCUT2D eigenvalue weighted by atomic mass is 10.1. The lowest BCUT2D eigenvalue weighted by Crippen LogP contribution is -2.12. The molecule has 1 aliphatic heterocycles. The number of rotatable bonds is 2. The number of allylic oxidation sites excluding steroid dienone is 2. The minimum absolute atomic E-state index is 0.0138. The molecule has 0 saturated carbocycles. The molecule has 6 heteroatoms. The van der Waals surface area contributed by atoms with Crippen LogP contribution in [0.5, 0.6) is 0 Å². The van der Waals surface area contributed by atoms with Gasteiger partial charge in [0.05, 0.1) is 7.11 Å². The number of benzene rings is 1. The minimum Gasteiger partial charge on any atom is -0.465 e. The van der Waals surface area contributed by atoms with Crippen LogP contribution < -0.4 is 0 Å². The molecule has 1 aromatic rings. The van der Waals surface area contributed by atoms with E-state index in [1.54, 1.807) is 6.07 Å². The van der Waals surface area contributed by atoms with Crippen molar-refractivity contribution in [3.05, 3.63) is 52.0 Å². The fourth-order valence-corrected chi connectivity index (χ4v) is 2.92. The quantitative estimate of drug-likeness (QED) is 0.765. The van der Waals surface area contributed by atoms with Crippen LogP contribution in [0.1, 0.15) is 5.56 Å². The van der Waals surface area contributed by atoms with Crippen LogP contribution in [0.25, 0.3) is 5.57 Å². The normalized spacial score (nSPS) is 17.0. The molecular formula is C12H9FO4S. The Bertz CT molecular complexity index is 671.